The van der Waals surface area contributed by atoms with E-state index in [1.165, 1.54) is 11.1 Å². The van der Waals surface area contributed by atoms with Gasteiger partial charge < -0.3 is 15.3 Å². The van der Waals surface area contributed by atoms with Crippen molar-refractivity contribution in [3.8, 4) is 5.69 Å². The lowest BCUT2D eigenvalue weighted by molar-refractivity contribution is -0.147. The summed E-state index contributed by atoms with van der Waals surface area (Å²) in [6, 6.07) is 7.11. The number of aromatic nitrogens is 2. The molecule has 1 aromatic heterocycles. The third-order valence-corrected chi connectivity index (χ3v) is 4.80. The summed E-state index contributed by atoms with van der Waals surface area (Å²) in [4.78, 5) is 24.9. The van der Waals surface area contributed by atoms with Crippen molar-refractivity contribution in [2.75, 3.05) is 13.1 Å². The molecule has 10 heteroatoms. The van der Waals surface area contributed by atoms with Gasteiger partial charge in [-0.15, -0.1) is 0 Å². The van der Waals surface area contributed by atoms with Gasteiger partial charge in [-0.3, -0.25) is 4.79 Å². The molecule has 7 nitrogen and oxygen atoms in total. The molecule has 0 aliphatic carbocycles. The Morgan fingerprint density at radius 1 is 1.25 bits per heavy atom. The van der Waals surface area contributed by atoms with Gasteiger partial charge in [0.15, 0.2) is 5.69 Å². The van der Waals surface area contributed by atoms with Crippen LogP contribution in [0.2, 0.25) is 0 Å². The fourth-order valence-corrected chi connectivity index (χ4v) is 2.98. The van der Waals surface area contributed by atoms with E-state index in [4.69, 9.17) is 0 Å². The quantitative estimate of drug-likeness (QED) is 0.832. The van der Waals surface area contributed by atoms with Crippen LogP contribution in [-0.2, 0) is 17.5 Å². The molecule has 1 atom stereocenters. The Morgan fingerprint density at radius 3 is 2.46 bits per heavy atom. The van der Waals surface area contributed by atoms with E-state index in [9.17, 15) is 27.9 Å². The second kappa shape index (κ2) is 7.17. The van der Waals surface area contributed by atoms with Crippen LogP contribution in [0.3, 0.4) is 0 Å². The SMILES string of the molecule is CC1(C(=O)O)CCN(C(=O)NCc2ccc(-n3ccc(C(F)(F)F)n3)cc2)C1. The lowest BCUT2D eigenvalue weighted by Crippen LogP contribution is -2.40. The van der Waals surface area contributed by atoms with E-state index >= 15 is 0 Å². The minimum absolute atomic E-state index is 0.147. The van der Waals surface area contributed by atoms with Crippen LogP contribution < -0.4 is 5.32 Å². The maximum absolute atomic E-state index is 12.6. The summed E-state index contributed by atoms with van der Waals surface area (Å²) >= 11 is 0. The van der Waals surface area contributed by atoms with Gasteiger partial charge in [-0.05, 0) is 37.1 Å². The number of carboxylic acid groups (broad SMARTS) is 1. The number of nitrogens with zero attached hydrogens (tertiary/aromatic N) is 3. The van der Waals surface area contributed by atoms with Crippen molar-refractivity contribution in [3.05, 3.63) is 47.8 Å². The number of nitrogens with one attached hydrogen (secondary N) is 1. The van der Waals surface area contributed by atoms with Gasteiger partial charge in [0.05, 0.1) is 11.1 Å². The van der Waals surface area contributed by atoms with E-state index < -0.39 is 23.3 Å². The molecular formula is C18H19F3N4O3. The van der Waals surface area contributed by atoms with Crippen molar-refractivity contribution < 1.29 is 27.9 Å². The van der Waals surface area contributed by atoms with Gasteiger partial charge in [-0.25, -0.2) is 9.48 Å². The smallest absolute Gasteiger partial charge is 0.435 e. The summed E-state index contributed by atoms with van der Waals surface area (Å²) in [6.07, 6.45) is -2.87. The lowest BCUT2D eigenvalue weighted by Gasteiger charge is -2.20. The standard InChI is InChI=1S/C18H19F3N4O3/c1-17(15(26)27)7-9-24(11-17)16(28)22-10-12-2-4-13(5-3-12)25-8-6-14(23-25)18(19,20)21/h2-6,8H,7,9-11H2,1H3,(H,22,28)(H,26,27). The van der Waals surface area contributed by atoms with Crippen LogP contribution in [-0.4, -0.2) is 44.9 Å². The van der Waals surface area contributed by atoms with Gasteiger partial charge in [-0.2, -0.15) is 18.3 Å². The molecule has 1 aliphatic heterocycles. The van der Waals surface area contributed by atoms with Crippen LogP contribution in [0.25, 0.3) is 5.69 Å². The molecule has 0 spiro atoms. The predicted octanol–water partition coefficient (Wildman–Crippen LogP) is 2.90. The van der Waals surface area contributed by atoms with E-state index in [2.05, 4.69) is 10.4 Å². The number of hydrogen-bond acceptors (Lipinski definition) is 3. The highest BCUT2D eigenvalue weighted by molar-refractivity contribution is 5.79. The molecule has 2 amide bonds. The van der Waals surface area contributed by atoms with E-state index in [1.54, 1.807) is 31.2 Å². The first-order valence-corrected chi connectivity index (χ1v) is 8.57. The molecule has 0 bridgehead atoms. The molecule has 2 N–H and O–H groups in total. The zero-order chi connectivity index (χ0) is 20.5. The zero-order valence-corrected chi connectivity index (χ0v) is 15.0. The number of rotatable bonds is 4. The first-order chi connectivity index (χ1) is 13.1. The highest BCUT2D eigenvalue weighted by Gasteiger charge is 2.42. The van der Waals surface area contributed by atoms with Gasteiger partial charge in [0, 0.05) is 25.8 Å². The first kappa shape index (κ1) is 19.7. The van der Waals surface area contributed by atoms with Gasteiger partial charge in [-0.1, -0.05) is 12.1 Å². The second-order valence-corrected chi connectivity index (χ2v) is 7.01. The van der Waals surface area contributed by atoms with Crippen LogP contribution in [0.1, 0.15) is 24.6 Å². The Labute approximate surface area is 158 Å². The van der Waals surface area contributed by atoms with Crippen LogP contribution >= 0.6 is 0 Å². The molecule has 3 rings (SSSR count). The Balaban J connectivity index is 1.57. The molecule has 1 fully saturated rings. The third kappa shape index (κ3) is 4.10. The van der Waals surface area contributed by atoms with Gasteiger partial charge in [0.1, 0.15) is 0 Å². The summed E-state index contributed by atoms with van der Waals surface area (Å²) in [6.45, 7) is 2.34. The van der Waals surface area contributed by atoms with Gasteiger partial charge in [0.25, 0.3) is 0 Å². The molecule has 1 saturated heterocycles. The number of hydrogen-bond donors (Lipinski definition) is 2. The van der Waals surface area contributed by atoms with E-state index in [0.717, 1.165) is 16.3 Å². The van der Waals surface area contributed by atoms with Crippen LogP contribution in [0.5, 0.6) is 0 Å². The summed E-state index contributed by atoms with van der Waals surface area (Å²) in [7, 11) is 0. The predicted molar refractivity (Wildman–Crippen MR) is 92.7 cm³/mol. The lowest BCUT2D eigenvalue weighted by atomic mass is 9.90. The number of carboxylic acids is 1. The third-order valence-electron chi connectivity index (χ3n) is 4.80. The number of amides is 2. The van der Waals surface area contributed by atoms with Crippen molar-refractivity contribution >= 4 is 12.0 Å². The molecule has 1 aliphatic rings. The highest BCUT2D eigenvalue weighted by atomic mass is 19.4. The maximum Gasteiger partial charge on any atom is 0.435 e. The average Bonchev–Trinajstić information content (AvgIpc) is 3.28. The molecule has 150 valence electrons. The van der Waals surface area contributed by atoms with E-state index in [1.807, 2.05) is 0 Å². The van der Waals surface area contributed by atoms with Crippen molar-refractivity contribution in [1.29, 1.82) is 0 Å². The van der Waals surface area contributed by atoms with Crippen LogP contribution in [0.15, 0.2) is 36.5 Å². The Kier molecular flexibility index (Phi) is 5.05. The average molecular weight is 396 g/mol. The van der Waals surface area contributed by atoms with Crippen molar-refractivity contribution in [2.24, 2.45) is 5.41 Å². The number of carbonyl (C=O) groups excluding carboxylic acids is 1. The summed E-state index contributed by atoms with van der Waals surface area (Å²) in [5.74, 6) is -0.925. The fraction of sp³-hybridized carbons (Fsp3) is 0.389. The first-order valence-electron chi connectivity index (χ1n) is 8.57. The molecule has 2 heterocycles. The number of alkyl halides is 3. The summed E-state index contributed by atoms with van der Waals surface area (Å²) in [5, 5.41) is 15.4. The molecule has 0 saturated carbocycles. The fourth-order valence-electron chi connectivity index (χ4n) is 2.98. The van der Waals surface area contributed by atoms with Gasteiger partial charge in [0.2, 0.25) is 0 Å². The highest BCUT2D eigenvalue weighted by Crippen LogP contribution is 2.30. The van der Waals surface area contributed by atoms with Crippen LogP contribution in [0, 0.1) is 5.41 Å². The van der Waals surface area contributed by atoms with Crippen molar-refractivity contribution in [1.82, 2.24) is 20.0 Å². The normalized spacial score (nSPS) is 19.6. The maximum atomic E-state index is 12.6. The number of carbonyl (C=O) groups is 2. The van der Waals surface area contributed by atoms with E-state index in [0.29, 0.717) is 18.7 Å². The summed E-state index contributed by atoms with van der Waals surface area (Å²) < 4.78 is 39.0. The van der Waals surface area contributed by atoms with Gasteiger partial charge >= 0.3 is 18.2 Å². The minimum Gasteiger partial charge on any atom is -0.481 e. The minimum atomic E-state index is -4.50. The number of aliphatic carboxylic acids is 1. The van der Waals surface area contributed by atoms with Crippen LogP contribution in [0.4, 0.5) is 18.0 Å². The van der Waals surface area contributed by atoms with Crippen molar-refractivity contribution in [3.63, 3.8) is 0 Å². The number of likely N-dealkylation sites (tertiary alicyclic amines) is 1. The molecule has 0 radical (unpaired) electrons. The summed E-state index contributed by atoms with van der Waals surface area (Å²) in [5.41, 5.74) is -0.691. The zero-order valence-electron chi connectivity index (χ0n) is 15.0. The number of urea groups is 1. The molecular weight excluding hydrogens is 377 g/mol. The topological polar surface area (TPSA) is 87.5 Å². The molecule has 1 aromatic carbocycles. The molecule has 1 unspecified atom stereocenters. The monoisotopic (exact) mass is 396 g/mol. The largest absolute Gasteiger partial charge is 0.481 e. The van der Waals surface area contributed by atoms with Crippen molar-refractivity contribution in [2.45, 2.75) is 26.1 Å². The molecule has 28 heavy (non-hydrogen) atoms. The molecule has 2 aromatic rings. The van der Waals surface area contributed by atoms with E-state index in [-0.39, 0.29) is 19.1 Å². The second-order valence-electron chi connectivity index (χ2n) is 7.01. The Bertz CT molecular complexity index is 879. The number of halogens is 3. The Hall–Kier alpha value is -3.04. The Morgan fingerprint density at radius 2 is 1.93 bits per heavy atom. The number of benzene rings is 1.